The van der Waals surface area contributed by atoms with E-state index in [4.69, 9.17) is 11.6 Å². The number of nitrogens with zero attached hydrogens (tertiary/aromatic N) is 1. The van der Waals surface area contributed by atoms with Crippen LogP contribution in [0, 0.1) is 6.92 Å². The number of aryl methyl sites for hydroxylation is 1. The average Bonchev–Trinajstić information content (AvgIpc) is 2.11. The Kier molecular flexibility index (Phi) is 3.84. The second-order valence-electron chi connectivity index (χ2n) is 3.32. The Hall–Kier alpha value is -1.62. The van der Waals surface area contributed by atoms with Crippen molar-refractivity contribution in [3.63, 3.8) is 0 Å². The molecule has 2 amide bonds. The summed E-state index contributed by atoms with van der Waals surface area (Å²) in [7, 11) is 0. The maximum Gasteiger partial charge on any atom is 0.221 e. The highest BCUT2D eigenvalue weighted by Gasteiger charge is 2.09. The Morgan fingerprint density at radius 2 is 1.69 bits per heavy atom. The molecule has 5 nitrogen and oxygen atoms in total. The van der Waals surface area contributed by atoms with Crippen molar-refractivity contribution in [3.8, 4) is 0 Å². The van der Waals surface area contributed by atoms with Gasteiger partial charge in [-0.05, 0) is 13.0 Å². The van der Waals surface area contributed by atoms with E-state index in [1.165, 1.54) is 13.8 Å². The van der Waals surface area contributed by atoms with Gasteiger partial charge in [0.2, 0.25) is 11.8 Å². The molecule has 0 fully saturated rings. The second kappa shape index (κ2) is 4.94. The number of rotatable bonds is 2. The summed E-state index contributed by atoms with van der Waals surface area (Å²) in [5, 5.41) is 5.33. The number of aromatic nitrogens is 1. The maximum atomic E-state index is 10.9. The number of halogens is 1. The molecule has 86 valence electrons. The van der Waals surface area contributed by atoms with Gasteiger partial charge >= 0.3 is 0 Å². The van der Waals surface area contributed by atoms with E-state index < -0.39 is 0 Å². The van der Waals surface area contributed by atoms with E-state index >= 15 is 0 Å². The molecule has 0 atom stereocenters. The van der Waals surface area contributed by atoms with Gasteiger partial charge < -0.3 is 10.6 Å². The lowest BCUT2D eigenvalue weighted by Crippen LogP contribution is -2.11. The van der Waals surface area contributed by atoms with Crippen LogP contribution in [-0.2, 0) is 9.59 Å². The normalized spacial score (nSPS) is 9.75. The van der Waals surface area contributed by atoms with Crippen molar-refractivity contribution in [2.24, 2.45) is 0 Å². The Morgan fingerprint density at radius 1 is 1.19 bits per heavy atom. The summed E-state index contributed by atoms with van der Waals surface area (Å²) in [4.78, 5) is 25.8. The third-order valence-corrected chi connectivity index (χ3v) is 2.08. The summed E-state index contributed by atoms with van der Waals surface area (Å²) >= 11 is 5.84. The highest BCUT2D eigenvalue weighted by molar-refractivity contribution is 6.32. The number of carbonyl (C=O) groups excluding carboxylic acids is 2. The van der Waals surface area contributed by atoms with Crippen LogP contribution in [0.1, 0.15) is 19.5 Å². The number of nitrogens with one attached hydrogen (secondary N) is 2. The third kappa shape index (κ3) is 3.20. The van der Waals surface area contributed by atoms with Crippen molar-refractivity contribution < 1.29 is 9.59 Å². The summed E-state index contributed by atoms with van der Waals surface area (Å²) in [6.45, 7) is 4.48. The van der Waals surface area contributed by atoms with Gasteiger partial charge in [0, 0.05) is 13.8 Å². The molecule has 0 aromatic carbocycles. The van der Waals surface area contributed by atoms with Gasteiger partial charge in [0.05, 0.1) is 17.1 Å². The first-order valence-corrected chi connectivity index (χ1v) is 5.00. The van der Waals surface area contributed by atoms with E-state index in [1.807, 2.05) is 0 Å². The van der Waals surface area contributed by atoms with Gasteiger partial charge in [-0.25, -0.2) is 4.98 Å². The number of hydrogen-bond acceptors (Lipinski definition) is 3. The first-order valence-electron chi connectivity index (χ1n) is 4.62. The first kappa shape index (κ1) is 12.4. The molecule has 0 aliphatic rings. The van der Waals surface area contributed by atoms with Crippen LogP contribution in [0.15, 0.2) is 6.07 Å². The maximum absolute atomic E-state index is 10.9. The van der Waals surface area contributed by atoms with Gasteiger partial charge in [-0.2, -0.15) is 0 Å². The molecule has 1 heterocycles. The monoisotopic (exact) mass is 241 g/mol. The van der Waals surface area contributed by atoms with Crippen molar-refractivity contribution in [1.29, 1.82) is 0 Å². The SMILES string of the molecule is CC(=O)Nc1cc(NC(C)=O)c(Cl)nc1C. The van der Waals surface area contributed by atoms with E-state index in [-0.39, 0.29) is 17.0 Å². The fourth-order valence-electron chi connectivity index (χ4n) is 1.17. The topological polar surface area (TPSA) is 71.1 Å². The minimum absolute atomic E-state index is 0.196. The van der Waals surface area contributed by atoms with Gasteiger partial charge in [0.25, 0.3) is 0 Å². The van der Waals surface area contributed by atoms with Gasteiger partial charge in [-0.15, -0.1) is 0 Å². The second-order valence-corrected chi connectivity index (χ2v) is 3.68. The molecule has 1 aromatic heterocycles. The molecular formula is C10H12ClN3O2. The van der Waals surface area contributed by atoms with Crippen LogP contribution in [-0.4, -0.2) is 16.8 Å². The zero-order valence-electron chi connectivity index (χ0n) is 9.22. The van der Waals surface area contributed by atoms with E-state index in [2.05, 4.69) is 15.6 Å². The minimum Gasteiger partial charge on any atom is -0.325 e. The van der Waals surface area contributed by atoms with Crippen LogP contribution in [0.25, 0.3) is 0 Å². The Labute approximate surface area is 98.2 Å². The molecule has 16 heavy (non-hydrogen) atoms. The lowest BCUT2D eigenvalue weighted by molar-refractivity contribution is -0.115. The number of carbonyl (C=O) groups is 2. The van der Waals surface area contributed by atoms with E-state index in [9.17, 15) is 9.59 Å². The molecule has 1 aromatic rings. The van der Waals surface area contributed by atoms with Crippen molar-refractivity contribution in [2.75, 3.05) is 10.6 Å². The van der Waals surface area contributed by atoms with Gasteiger partial charge in [0.15, 0.2) is 5.15 Å². The molecule has 0 bridgehead atoms. The van der Waals surface area contributed by atoms with Crippen molar-refractivity contribution in [1.82, 2.24) is 4.98 Å². The average molecular weight is 242 g/mol. The zero-order valence-corrected chi connectivity index (χ0v) is 9.97. The standard InChI is InChI=1S/C10H12ClN3O2/c1-5-8(13-6(2)15)4-9(10(11)12-5)14-7(3)16/h4H,1-3H3,(H,13,15)(H,14,16). The molecular weight excluding hydrogens is 230 g/mol. The fourth-order valence-corrected chi connectivity index (χ4v) is 1.40. The number of anilines is 2. The van der Waals surface area contributed by atoms with Crippen molar-refractivity contribution in [2.45, 2.75) is 20.8 Å². The largest absolute Gasteiger partial charge is 0.325 e. The van der Waals surface area contributed by atoms with E-state index in [0.717, 1.165) is 0 Å². The molecule has 0 aliphatic heterocycles. The lowest BCUT2D eigenvalue weighted by atomic mass is 10.3. The fraction of sp³-hybridized carbons (Fsp3) is 0.300. The Balaban J connectivity index is 3.10. The van der Waals surface area contributed by atoms with Gasteiger partial charge in [0.1, 0.15) is 0 Å². The predicted octanol–water partition coefficient (Wildman–Crippen LogP) is 1.96. The number of hydrogen-bond donors (Lipinski definition) is 2. The summed E-state index contributed by atoms with van der Waals surface area (Å²) in [5.41, 5.74) is 1.50. The van der Waals surface area contributed by atoms with Crippen molar-refractivity contribution >= 4 is 34.8 Å². The quantitative estimate of drug-likeness (QED) is 0.778. The summed E-state index contributed by atoms with van der Waals surface area (Å²) in [6.07, 6.45) is 0. The van der Waals surface area contributed by atoms with Gasteiger partial charge in [-0.1, -0.05) is 11.6 Å². The molecule has 0 radical (unpaired) electrons. The summed E-state index contributed by atoms with van der Waals surface area (Å²) in [6, 6.07) is 1.58. The molecule has 6 heteroatoms. The van der Waals surface area contributed by atoms with E-state index in [1.54, 1.807) is 13.0 Å². The zero-order chi connectivity index (χ0) is 12.3. The molecule has 0 saturated carbocycles. The van der Waals surface area contributed by atoms with Crippen LogP contribution < -0.4 is 10.6 Å². The van der Waals surface area contributed by atoms with Crippen LogP contribution in [0.3, 0.4) is 0 Å². The van der Waals surface area contributed by atoms with Crippen LogP contribution in [0.4, 0.5) is 11.4 Å². The molecule has 0 saturated heterocycles. The molecule has 0 unspecified atom stereocenters. The molecule has 2 N–H and O–H groups in total. The van der Waals surface area contributed by atoms with Gasteiger partial charge in [-0.3, -0.25) is 9.59 Å². The van der Waals surface area contributed by atoms with Crippen LogP contribution in [0.2, 0.25) is 5.15 Å². The van der Waals surface area contributed by atoms with Crippen LogP contribution in [0.5, 0.6) is 0 Å². The summed E-state index contributed by atoms with van der Waals surface area (Å²) in [5.74, 6) is -0.456. The molecule has 0 aliphatic carbocycles. The highest BCUT2D eigenvalue weighted by atomic mass is 35.5. The predicted molar refractivity (Wildman–Crippen MR) is 62.6 cm³/mol. The number of amides is 2. The Bertz CT molecular complexity index is 409. The number of pyridine rings is 1. The smallest absolute Gasteiger partial charge is 0.221 e. The highest BCUT2D eigenvalue weighted by Crippen LogP contribution is 2.25. The minimum atomic E-state index is -0.249. The summed E-state index contributed by atoms with van der Waals surface area (Å²) < 4.78 is 0. The lowest BCUT2D eigenvalue weighted by Gasteiger charge is -2.10. The first-order chi connectivity index (χ1) is 7.40. The Morgan fingerprint density at radius 3 is 2.19 bits per heavy atom. The molecule has 0 spiro atoms. The van der Waals surface area contributed by atoms with E-state index in [0.29, 0.717) is 17.1 Å². The van der Waals surface area contributed by atoms with Crippen LogP contribution >= 0.6 is 11.6 Å². The third-order valence-electron chi connectivity index (χ3n) is 1.79. The van der Waals surface area contributed by atoms with Crippen molar-refractivity contribution in [3.05, 3.63) is 16.9 Å². The molecule has 1 rings (SSSR count).